The van der Waals surface area contributed by atoms with Crippen LogP contribution < -0.4 is 21.1 Å². The van der Waals surface area contributed by atoms with Gasteiger partial charge in [-0.3, -0.25) is 9.36 Å². The molecule has 0 radical (unpaired) electrons. The molecule has 1 fully saturated rings. The number of anilines is 2. The van der Waals surface area contributed by atoms with Crippen LogP contribution in [0.3, 0.4) is 0 Å². The van der Waals surface area contributed by atoms with Gasteiger partial charge in [0, 0.05) is 62.6 Å². The minimum atomic E-state index is -0.0284. The topological polar surface area (TPSA) is 75.1 Å². The molecule has 3 aromatic rings. The molecule has 7 heteroatoms. The standard InChI is InChI=1S/C22H28N6O/c1-16(2)15-28-20(29)8-5-18-14-25-22(26-21(18)28)24-13-17-3-6-19(7-4-17)27-11-9-23-10-12-27/h3-8,14,16,23H,9-13,15H2,1-2H3,(H,24,25,26). The summed E-state index contributed by atoms with van der Waals surface area (Å²) in [6, 6.07) is 12.0. The van der Waals surface area contributed by atoms with E-state index in [4.69, 9.17) is 0 Å². The van der Waals surface area contributed by atoms with Crippen molar-refractivity contribution >= 4 is 22.7 Å². The van der Waals surface area contributed by atoms with Crippen molar-refractivity contribution in [2.75, 3.05) is 36.4 Å². The second kappa shape index (κ2) is 8.61. The number of aromatic nitrogens is 3. The fourth-order valence-corrected chi connectivity index (χ4v) is 3.63. The first kappa shape index (κ1) is 19.4. The molecular weight excluding hydrogens is 364 g/mol. The number of piperazine rings is 1. The number of nitrogens with zero attached hydrogens (tertiary/aromatic N) is 4. The zero-order chi connectivity index (χ0) is 20.2. The van der Waals surface area contributed by atoms with Gasteiger partial charge in [-0.05, 0) is 29.7 Å². The smallest absolute Gasteiger partial charge is 0.252 e. The molecule has 2 aromatic heterocycles. The van der Waals surface area contributed by atoms with Gasteiger partial charge in [0.25, 0.3) is 5.56 Å². The zero-order valence-corrected chi connectivity index (χ0v) is 17.1. The largest absolute Gasteiger partial charge is 0.369 e. The van der Waals surface area contributed by atoms with E-state index >= 15 is 0 Å². The SMILES string of the molecule is CC(C)Cn1c(=O)ccc2cnc(NCc3ccc(N4CCNCC4)cc3)nc21. The number of benzene rings is 1. The highest BCUT2D eigenvalue weighted by Crippen LogP contribution is 2.17. The molecule has 0 unspecified atom stereocenters. The van der Waals surface area contributed by atoms with Gasteiger partial charge in [-0.1, -0.05) is 26.0 Å². The van der Waals surface area contributed by atoms with E-state index in [1.807, 2.05) is 0 Å². The monoisotopic (exact) mass is 392 g/mol. The lowest BCUT2D eigenvalue weighted by atomic mass is 10.2. The lowest BCUT2D eigenvalue weighted by molar-refractivity contribution is 0.521. The van der Waals surface area contributed by atoms with Crippen LogP contribution in [0.4, 0.5) is 11.6 Å². The van der Waals surface area contributed by atoms with Gasteiger partial charge < -0.3 is 15.5 Å². The Kier molecular flexibility index (Phi) is 5.76. The number of fused-ring (bicyclic) bond motifs is 1. The van der Waals surface area contributed by atoms with E-state index in [1.165, 1.54) is 11.3 Å². The maximum absolute atomic E-state index is 12.3. The van der Waals surface area contributed by atoms with Crippen LogP contribution in [-0.4, -0.2) is 40.7 Å². The van der Waals surface area contributed by atoms with Crippen molar-refractivity contribution in [2.45, 2.75) is 26.9 Å². The molecule has 0 spiro atoms. The summed E-state index contributed by atoms with van der Waals surface area (Å²) in [7, 11) is 0. The molecule has 1 aliphatic rings. The van der Waals surface area contributed by atoms with Crippen molar-refractivity contribution in [3.8, 4) is 0 Å². The second-order valence-corrected chi connectivity index (χ2v) is 7.91. The number of nitrogens with one attached hydrogen (secondary N) is 2. The van der Waals surface area contributed by atoms with Crippen molar-refractivity contribution in [1.82, 2.24) is 19.9 Å². The molecule has 1 aromatic carbocycles. The van der Waals surface area contributed by atoms with Crippen molar-refractivity contribution in [3.63, 3.8) is 0 Å². The molecule has 29 heavy (non-hydrogen) atoms. The van der Waals surface area contributed by atoms with Gasteiger partial charge in [-0.25, -0.2) is 4.98 Å². The summed E-state index contributed by atoms with van der Waals surface area (Å²) < 4.78 is 1.73. The molecule has 152 valence electrons. The third-order valence-electron chi connectivity index (χ3n) is 5.14. The molecule has 1 aliphatic heterocycles. The summed E-state index contributed by atoms with van der Waals surface area (Å²) in [5.41, 5.74) is 3.08. The Morgan fingerprint density at radius 2 is 1.86 bits per heavy atom. The van der Waals surface area contributed by atoms with E-state index in [0.29, 0.717) is 30.6 Å². The molecule has 0 amide bonds. The lowest BCUT2D eigenvalue weighted by Crippen LogP contribution is -2.43. The van der Waals surface area contributed by atoms with Gasteiger partial charge in [-0.2, -0.15) is 4.98 Å². The fraction of sp³-hybridized carbons (Fsp3) is 0.409. The molecule has 3 heterocycles. The van der Waals surface area contributed by atoms with Crippen LogP contribution in [0, 0.1) is 5.92 Å². The van der Waals surface area contributed by atoms with Crippen LogP contribution in [0.5, 0.6) is 0 Å². The molecule has 0 atom stereocenters. The summed E-state index contributed by atoms with van der Waals surface area (Å²) in [5, 5.41) is 7.54. The Morgan fingerprint density at radius 3 is 2.59 bits per heavy atom. The van der Waals surface area contributed by atoms with Gasteiger partial charge in [0.15, 0.2) is 0 Å². The Bertz CT molecular complexity index is 1020. The van der Waals surface area contributed by atoms with E-state index in [9.17, 15) is 4.79 Å². The minimum absolute atomic E-state index is 0.0284. The van der Waals surface area contributed by atoms with Gasteiger partial charge in [-0.15, -0.1) is 0 Å². The van der Waals surface area contributed by atoms with Crippen LogP contribution >= 0.6 is 0 Å². The average Bonchev–Trinajstić information content (AvgIpc) is 2.75. The maximum Gasteiger partial charge on any atom is 0.252 e. The first-order chi connectivity index (χ1) is 14.1. The Morgan fingerprint density at radius 1 is 1.10 bits per heavy atom. The minimum Gasteiger partial charge on any atom is -0.369 e. The molecule has 4 rings (SSSR count). The lowest BCUT2D eigenvalue weighted by Gasteiger charge is -2.29. The van der Waals surface area contributed by atoms with Crippen molar-refractivity contribution in [2.24, 2.45) is 5.92 Å². The van der Waals surface area contributed by atoms with E-state index in [-0.39, 0.29) is 5.56 Å². The molecule has 0 bridgehead atoms. The number of pyridine rings is 1. The predicted molar refractivity (Wildman–Crippen MR) is 117 cm³/mol. The fourth-order valence-electron chi connectivity index (χ4n) is 3.63. The van der Waals surface area contributed by atoms with Gasteiger partial charge in [0.1, 0.15) is 5.65 Å². The zero-order valence-electron chi connectivity index (χ0n) is 17.1. The Balaban J connectivity index is 1.48. The summed E-state index contributed by atoms with van der Waals surface area (Å²) in [6.07, 6.45) is 1.77. The number of hydrogen-bond donors (Lipinski definition) is 2. The average molecular weight is 393 g/mol. The third-order valence-corrected chi connectivity index (χ3v) is 5.14. The highest BCUT2D eigenvalue weighted by Gasteiger charge is 2.11. The van der Waals surface area contributed by atoms with Gasteiger partial charge in [0.2, 0.25) is 5.95 Å². The molecule has 7 nitrogen and oxygen atoms in total. The van der Waals surface area contributed by atoms with Crippen molar-refractivity contribution in [3.05, 3.63) is 58.5 Å². The van der Waals surface area contributed by atoms with E-state index < -0.39 is 0 Å². The predicted octanol–water partition coefficient (Wildman–Crippen LogP) is 2.47. The van der Waals surface area contributed by atoms with Crippen LogP contribution in [0.1, 0.15) is 19.4 Å². The number of rotatable bonds is 6. The second-order valence-electron chi connectivity index (χ2n) is 7.91. The molecule has 1 saturated heterocycles. The van der Waals surface area contributed by atoms with Crippen molar-refractivity contribution < 1.29 is 0 Å². The quantitative estimate of drug-likeness (QED) is 0.671. The third kappa shape index (κ3) is 4.56. The van der Waals surface area contributed by atoms with Crippen LogP contribution in [0.15, 0.2) is 47.4 Å². The summed E-state index contributed by atoms with van der Waals surface area (Å²) >= 11 is 0. The van der Waals surface area contributed by atoms with Crippen LogP contribution in [-0.2, 0) is 13.1 Å². The van der Waals surface area contributed by atoms with Crippen molar-refractivity contribution in [1.29, 1.82) is 0 Å². The Labute approximate surface area is 170 Å². The van der Waals surface area contributed by atoms with Gasteiger partial charge in [0.05, 0.1) is 0 Å². The molecule has 2 N–H and O–H groups in total. The highest BCUT2D eigenvalue weighted by molar-refractivity contribution is 5.75. The summed E-state index contributed by atoms with van der Waals surface area (Å²) in [6.45, 7) is 9.61. The Hall–Kier alpha value is -2.93. The molecular formula is C22H28N6O. The summed E-state index contributed by atoms with van der Waals surface area (Å²) in [4.78, 5) is 23.7. The van der Waals surface area contributed by atoms with E-state index in [1.54, 1.807) is 22.9 Å². The molecule has 0 aliphatic carbocycles. The first-order valence-corrected chi connectivity index (χ1v) is 10.3. The normalized spacial score (nSPS) is 14.5. The molecule has 0 saturated carbocycles. The summed E-state index contributed by atoms with van der Waals surface area (Å²) in [5.74, 6) is 0.894. The highest BCUT2D eigenvalue weighted by atomic mass is 16.1. The van der Waals surface area contributed by atoms with Crippen LogP contribution in [0.2, 0.25) is 0 Å². The van der Waals surface area contributed by atoms with E-state index in [2.05, 4.69) is 63.6 Å². The first-order valence-electron chi connectivity index (χ1n) is 10.3. The van der Waals surface area contributed by atoms with E-state index in [0.717, 1.165) is 31.6 Å². The van der Waals surface area contributed by atoms with Crippen LogP contribution in [0.25, 0.3) is 11.0 Å². The van der Waals surface area contributed by atoms with Gasteiger partial charge >= 0.3 is 0 Å². The number of hydrogen-bond acceptors (Lipinski definition) is 6. The maximum atomic E-state index is 12.3.